The van der Waals surface area contributed by atoms with Crippen molar-refractivity contribution in [2.75, 3.05) is 40.4 Å². The lowest BCUT2D eigenvalue weighted by molar-refractivity contribution is 0.0947. The van der Waals surface area contributed by atoms with Crippen molar-refractivity contribution >= 4 is 5.91 Å². The number of ether oxygens (including phenoxy) is 2. The van der Waals surface area contributed by atoms with Gasteiger partial charge in [-0.15, -0.1) is 0 Å². The van der Waals surface area contributed by atoms with Gasteiger partial charge in [-0.1, -0.05) is 19.1 Å². The molecule has 0 bridgehead atoms. The summed E-state index contributed by atoms with van der Waals surface area (Å²) >= 11 is 0. The lowest BCUT2D eigenvalue weighted by Crippen LogP contribution is -2.30. The molecular weight excluding hydrogens is 344 g/mol. The zero-order chi connectivity index (χ0) is 19.2. The first kappa shape index (κ1) is 19.1. The van der Waals surface area contributed by atoms with Crippen molar-refractivity contribution in [3.05, 3.63) is 35.9 Å². The molecule has 1 fully saturated rings. The number of amides is 1. The molecule has 0 spiro atoms. The summed E-state index contributed by atoms with van der Waals surface area (Å²) in [4.78, 5) is 23.2. The molecule has 0 aliphatic carbocycles. The van der Waals surface area contributed by atoms with Gasteiger partial charge in [0.1, 0.15) is 0 Å². The van der Waals surface area contributed by atoms with Gasteiger partial charge in [0.2, 0.25) is 5.88 Å². The van der Waals surface area contributed by atoms with E-state index in [0.717, 1.165) is 38.2 Å². The molecule has 1 saturated heterocycles. The van der Waals surface area contributed by atoms with E-state index < -0.39 is 0 Å². The normalized spacial score (nSPS) is 16.9. The van der Waals surface area contributed by atoms with Crippen LogP contribution >= 0.6 is 0 Å². The number of rotatable bonds is 7. The molecule has 0 radical (unpaired) electrons. The summed E-state index contributed by atoms with van der Waals surface area (Å²) in [5.41, 5.74) is 2.17. The van der Waals surface area contributed by atoms with E-state index in [1.165, 1.54) is 7.11 Å². The maximum absolute atomic E-state index is 12.4. The number of hydrogen-bond donors (Lipinski definition) is 1. The summed E-state index contributed by atoms with van der Waals surface area (Å²) in [5, 5.41) is 3.05. The average Bonchev–Trinajstić information content (AvgIpc) is 3.19. The Bertz CT molecular complexity index is 757. The first-order valence-corrected chi connectivity index (χ1v) is 9.21. The van der Waals surface area contributed by atoms with Crippen LogP contribution in [0.15, 0.2) is 30.3 Å². The van der Waals surface area contributed by atoms with Crippen molar-refractivity contribution in [2.24, 2.45) is 5.92 Å². The van der Waals surface area contributed by atoms with Crippen molar-refractivity contribution in [1.82, 2.24) is 20.2 Å². The predicted molar refractivity (Wildman–Crippen MR) is 103 cm³/mol. The van der Waals surface area contributed by atoms with E-state index in [1.54, 1.807) is 25.3 Å². The fourth-order valence-corrected chi connectivity index (χ4v) is 3.25. The predicted octanol–water partition coefficient (Wildman–Crippen LogP) is 2.23. The topological polar surface area (TPSA) is 76.6 Å². The van der Waals surface area contributed by atoms with Gasteiger partial charge in [0.25, 0.3) is 5.91 Å². The van der Waals surface area contributed by atoms with Gasteiger partial charge in [0.15, 0.2) is 0 Å². The molecule has 27 heavy (non-hydrogen) atoms. The zero-order valence-electron chi connectivity index (χ0n) is 16.1. The molecule has 1 aliphatic heterocycles. The highest BCUT2D eigenvalue weighted by atomic mass is 16.5. The lowest BCUT2D eigenvalue weighted by Gasteiger charge is -2.14. The second-order valence-corrected chi connectivity index (χ2v) is 6.62. The highest BCUT2D eigenvalue weighted by Gasteiger charge is 2.21. The first-order valence-electron chi connectivity index (χ1n) is 9.21. The molecule has 0 saturated carbocycles. The highest BCUT2D eigenvalue weighted by molar-refractivity contribution is 5.94. The van der Waals surface area contributed by atoms with E-state index >= 15 is 0 Å². The van der Waals surface area contributed by atoms with Crippen LogP contribution in [0, 0.1) is 5.92 Å². The van der Waals surface area contributed by atoms with Gasteiger partial charge in [-0.25, -0.2) is 0 Å². The number of carbonyl (C=O) groups excluding carboxylic acids is 1. The second kappa shape index (κ2) is 8.81. The second-order valence-electron chi connectivity index (χ2n) is 6.62. The molecule has 1 atom stereocenters. The largest absolute Gasteiger partial charge is 0.481 e. The lowest BCUT2D eigenvalue weighted by atomic mass is 10.1. The Labute approximate surface area is 159 Å². The van der Waals surface area contributed by atoms with Crippen molar-refractivity contribution in [3.8, 4) is 23.1 Å². The monoisotopic (exact) mass is 370 g/mol. The van der Waals surface area contributed by atoms with Gasteiger partial charge in [-0.3, -0.25) is 4.79 Å². The fraction of sp³-hybridized carbons (Fsp3) is 0.450. The van der Waals surface area contributed by atoms with E-state index in [1.807, 2.05) is 12.1 Å². The molecule has 1 aliphatic rings. The molecule has 1 unspecified atom stereocenters. The molecule has 7 heteroatoms. The van der Waals surface area contributed by atoms with Crippen molar-refractivity contribution in [2.45, 2.75) is 13.3 Å². The number of nitrogens with one attached hydrogen (secondary N) is 1. The van der Waals surface area contributed by atoms with Gasteiger partial charge in [0, 0.05) is 30.3 Å². The number of likely N-dealkylation sites (tertiary alicyclic amines) is 1. The Morgan fingerprint density at radius 2 is 2.00 bits per heavy atom. The summed E-state index contributed by atoms with van der Waals surface area (Å²) in [5.74, 6) is 0.917. The molecule has 2 heterocycles. The standard InChI is InChI=1S/C20H26N4O3/c1-4-24-10-9-14(13-24)12-21-19(25)16-7-5-15(6-8-16)17-11-18(26-2)23-20(22-17)27-3/h5-8,11,14H,4,9-10,12-13H2,1-3H3,(H,21,25). The Morgan fingerprint density at radius 3 is 2.63 bits per heavy atom. The van der Waals surface area contributed by atoms with Crippen LogP contribution in [0.3, 0.4) is 0 Å². The molecule has 144 valence electrons. The van der Waals surface area contributed by atoms with Crippen LogP contribution in [0.1, 0.15) is 23.7 Å². The van der Waals surface area contributed by atoms with E-state index in [0.29, 0.717) is 23.1 Å². The molecule has 3 rings (SSSR count). The first-order chi connectivity index (χ1) is 13.1. The molecule has 1 aromatic heterocycles. The molecule has 1 N–H and O–H groups in total. The molecule has 1 amide bonds. The number of carbonyl (C=O) groups is 1. The highest BCUT2D eigenvalue weighted by Crippen LogP contribution is 2.23. The van der Waals surface area contributed by atoms with E-state index in [2.05, 4.69) is 27.1 Å². The fourth-order valence-electron chi connectivity index (χ4n) is 3.25. The third-order valence-electron chi connectivity index (χ3n) is 4.89. The summed E-state index contributed by atoms with van der Waals surface area (Å²) in [6, 6.07) is 9.31. The average molecular weight is 370 g/mol. The third kappa shape index (κ3) is 4.74. The van der Waals surface area contributed by atoms with Gasteiger partial charge < -0.3 is 19.7 Å². The van der Waals surface area contributed by atoms with Crippen LogP contribution in [0.4, 0.5) is 0 Å². The van der Waals surface area contributed by atoms with Crippen LogP contribution in [0.25, 0.3) is 11.3 Å². The van der Waals surface area contributed by atoms with Crippen LogP contribution < -0.4 is 14.8 Å². The summed E-state index contributed by atoms with van der Waals surface area (Å²) in [6.07, 6.45) is 1.14. The van der Waals surface area contributed by atoms with Gasteiger partial charge in [0.05, 0.1) is 19.9 Å². The Kier molecular flexibility index (Phi) is 6.24. The molecule has 7 nitrogen and oxygen atoms in total. The number of benzene rings is 1. The zero-order valence-corrected chi connectivity index (χ0v) is 16.1. The van der Waals surface area contributed by atoms with Crippen LogP contribution in [-0.2, 0) is 0 Å². The van der Waals surface area contributed by atoms with E-state index in [4.69, 9.17) is 9.47 Å². The number of aromatic nitrogens is 2. The summed E-state index contributed by atoms with van der Waals surface area (Å²) in [7, 11) is 3.05. The quantitative estimate of drug-likeness (QED) is 0.805. The maximum atomic E-state index is 12.4. The minimum Gasteiger partial charge on any atom is -0.481 e. The van der Waals surface area contributed by atoms with Crippen molar-refractivity contribution < 1.29 is 14.3 Å². The minimum atomic E-state index is -0.0469. The number of methoxy groups -OCH3 is 2. The maximum Gasteiger partial charge on any atom is 0.320 e. The van der Waals surface area contributed by atoms with Crippen LogP contribution in [-0.4, -0.2) is 61.2 Å². The molecule has 1 aromatic carbocycles. The smallest absolute Gasteiger partial charge is 0.320 e. The Morgan fingerprint density at radius 1 is 1.22 bits per heavy atom. The number of nitrogens with zero attached hydrogens (tertiary/aromatic N) is 3. The third-order valence-corrected chi connectivity index (χ3v) is 4.89. The van der Waals surface area contributed by atoms with Gasteiger partial charge >= 0.3 is 6.01 Å². The van der Waals surface area contributed by atoms with E-state index in [-0.39, 0.29) is 11.9 Å². The summed E-state index contributed by atoms with van der Waals surface area (Å²) < 4.78 is 10.3. The van der Waals surface area contributed by atoms with E-state index in [9.17, 15) is 4.79 Å². The van der Waals surface area contributed by atoms with Crippen LogP contribution in [0.2, 0.25) is 0 Å². The Balaban J connectivity index is 1.64. The van der Waals surface area contributed by atoms with Gasteiger partial charge in [-0.2, -0.15) is 9.97 Å². The number of hydrogen-bond acceptors (Lipinski definition) is 6. The molecular formula is C20H26N4O3. The van der Waals surface area contributed by atoms with Crippen molar-refractivity contribution in [1.29, 1.82) is 0 Å². The van der Waals surface area contributed by atoms with Crippen LogP contribution in [0.5, 0.6) is 11.9 Å². The minimum absolute atomic E-state index is 0.0469. The van der Waals surface area contributed by atoms with Crippen molar-refractivity contribution in [3.63, 3.8) is 0 Å². The van der Waals surface area contributed by atoms with Gasteiger partial charge in [-0.05, 0) is 37.6 Å². The summed E-state index contributed by atoms with van der Waals surface area (Å²) in [6.45, 7) is 6.15. The Hall–Kier alpha value is -2.67. The SMILES string of the molecule is CCN1CCC(CNC(=O)c2ccc(-c3cc(OC)nc(OC)n3)cc2)C1. The molecule has 2 aromatic rings.